The van der Waals surface area contributed by atoms with Gasteiger partial charge in [0.15, 0.2) is 0 Å². The predicted molar refractivity (Wildman–Crippen MR) is 114 cm³/mol. The number of hydrogen-bond acceptors (Lipinski definition) is 8. The van der Waals surface area contributed by atoms with Gasteiger partial charge < -0.3 is 14.9 Å². The Morgan fingerprint density at radius 3 is 2.38 bits per heavy atom. The van der Waals surface area contributed by atoms with Crippen molar-refractivity contribution in [1.82, 2.24) is 5.32 Å². The van der Waals surface area contributed by atoms with Gasteiger partial charge in [-0.1, -0.05) is 18.2 Å². The molecule has 2 aliphatic rings. The Labute approximate surface area is 204 Å². The summed E-state index contributed by atoms with van der Waals surface area (Å²) in [6, 6.07) is 7.22. The molecule has 0 aliphatic carbocycles. The average molecular weight is 523 g/mol. The lowest BCUT2D eigenvalue weighted by Crippen LogP contribution is -2.57. The highest BCUT2D eigenvalue weighted by molar-refractivity contribution is 6.24. The van der Waals surface area contributed by atoms with Gasteiger partial charge in [-0.25, -0.2) is 4.90 Å². The summed E-state index contributed by atoms with van der Waals surface area (Å²) in [4.78, 5) is 62.0. The lowest BCUT2D eigenvalue weighted by molar-refractivity contribution is -0.384. The smallest absolute Gasteiger partial charge is 0.481 e. The first-order valence-electron chi connectivity index (χ1n) is 10.5. The number of carboxylic acids is 2. The quantitative estimate of drug-likeness (QED) is 0.277. The summed E-state index contributed by atoms with van der Waals surface area (Å²) >= 11 is 0. The molecule has 15 heteroatoms. The van der Waals surface area contributed by atoms with Crippen molar-refractivity contribution in [2.45, 2.75) is 24.4 Å². The number of non-ortho nitro benzene ring substituents is 1. The highest BCUT2D eigenvalue weighted by atomic mass is 19.4. The number of aliphatic carboxylic acids is 2. The third-order valence-electron chi connectivity index (χ3n) is 6.22. The second-order valence-electron chi connectivity index (χ2n) is 8.38. The zero-order chi connectivity index (χ0) is 27.3. The second kappa shape index (κ2) is 8.85. The van der Waals surface area contributed by atoms with E-state index in [9.17, 15) is 52.7 Å². The summed E-state index contributed by atoms with van der Waals surface area (Å²) in [5, 5.41) is 33.2. The number of nitrogens with zero attached hydrogens (tertiary/aromatic N) is 2. The number of amides is 2. The Hall–Kier alpha value is -4.53. The van der Waals surface area contributed by atoms with Crippen LogP contribution >= 0.6 is 0 Å². The van der Waals surface area contributed by atoms with E-state index in [2.05, 4.69) is 10.1 Å². The molecule has 0 spiro atoms. The number of carbonyl (C=O) groups excluding carboxylic acids is 2. The van der Waals surface area contributed by atoms with Gasteiger partial charge in [-0.05, 0) is 23.8 Å². The average Bonchev–Trinajstić information content (AvgIpc) is 3.26. The van der Waals surface area contributed by atoms with Crippen LogP contribution in [0.15, 0.2) is 48.5 Å². The number of nitrogens with one attached hydrogen (secondary N) is 1. The molecule has 2 amide bonds. The minimum atomic E-state index is -5.06. The number of ether oxygens (including phenoxy) is 1. The molecule has 0 saturated carbocycles. The number of carboxylic acid groups (broad SMARTS) is 2. The number of anilines is 1. The Morgan fingerprint density at radius 1 is 1.11 bits per heavy atom. The molecule has 0 bridgehead atoms. The highest BCUT2D eigenvalue weighted by Gasteiger charge is 2.69. The summed E-state index contributed by atoms with van der Waals surface area (Å²) < 4.78 is 42.1. The van der Waals surface area contributed by atoms with Crippen LogP contribution in [0.3, 0.4) is 0 Å². The number of hydrogen-bond donors (Lipinski definition) is 3. The molecule has 4 rings (SSSR count). The molecular formula is C22H16F3N3O9. The van der Waals surface area contributed by atoms with Crippen molar-refractivity contribution < 1.29 is 52.2 Å². The molecule has 0 aromatic heterocycles. The third-order valence-corrected chi connectivity index (χ3v) is 6.22. The molecular weight excluding hydrogens is 507 g/mol. The van der Waals surface area contributed by atoms with Gasteiger partial charge in [0.25, 0.3) is 5.69 Å². The van der Waals surface area contributed by atoms with Crippen LogP contribution in [0.1, 0.15) is 18.0 Å². The number of rotatable bonds is 7. The maximum Gasteiger partial charge on any atom is 0.573 e. The molecule has 194 valence electrons. The number of nitro groups is 1. The molecule has 2 aromatic rings. The predicted octanol–water partition coefficient (Wildman–Crippen LogP) is 2.24. The van der Waals surface area contributed by atoms with Gasteiger partial charge in [0.1, 0.15) is 11.3 Å². The van der Waals surface area contributed by atoms with Crippen molar-refractivity contribution in [2.24, 2.45) is 11.8 Å². The summed E-state index contributed by atoms with van der Waals surface area (Å²) in [5.74, 6) is -9.61. The minimum absolute atomic E-state index is 0.0766. The van der Waals surface area contributed by atoms with Gasteiger partial charge in [0.05, 0.1) is 28.9 Å². The van der Waals surface area contributed by atoms with E-state index < -0.39 is 76.3 Å². The first kappa shape index (κ1) is 25.6. The molecule has 4 atom stereocenters. The molecule has 3 N–H and O–H groups in total. The standard InChI is InChI=1S/C22H16F3N3O9/c23-22(24,25)37-13-6-1-3-10(7-13)17-15-16(21(26-17,20(33)34)9-14(29)30)19(32)27(18(15)31)11-4-2-5-12(8-11)28(35)36/h1-8,15-17,26H,9H2,(H,29,30)(H,33,34). The van der Waals surface area contributed by atoms with Crippen LogP contribution in [0.2, 0.25) is 0 Å². The maximum absolute atomic E-state index is 13.5. The van der Waals surface area contributed by atoms with E-state index in [4.69, 9.17) is 0 Å². The lowest BCUT2D eigenvalue weighted by atomic mass is 9.77. The molecule has 4 unspecified atom stereocenters. The van der Waals surface area contributed by atoms with Gasteiger partial charge >= 0.3 is 18.3 Å². The number of alkyl halides is 3. The Morgan fingerprint density at radius 2 is 1.78 bits per heavy atom. The van der Waals surface area contributed by atoms with Crippen LogP contribution in [0.25, 0.3) is 0 Å². The summed E-state index contributed by atoms with van der Waals surface area (Å²) in [5.41, 5.74) is -3.32. The number of halogens is 3. The number of fused-ring (bicyclic) bond motifs is 1. The minimum Gasteiger partial charge on any atom is -0.481 e. The zero-order valence-electron chi connectivity index (χ0n) is 18.3. The summed E-state index contributed by atoms with van der Waals surface area (Å²) in [7, 11) is 0. The maximum atomic E-state index is 13.5. The molecule has 2 saturated heterocycles. The van der Waals surface area contributed by atoms with Crippen LogP contribution in [0.4, 0.5) is 24.5 Å². The van der Waals surface area contributed by atoms with E-state index in [1.165, 1.54) is 18.2 Å². The van der Waals surface area contributed by atoms with Crippen LogP contribution in [-0.4, -0.2) is 50.8 Å². The van der Waals surface area contributed by atoms with Crippen LogP contribution < -0.4 is 15.0 Å². The van der Waals surface area contributed by atoms with Gasteiger partial charge in [0, 0.05) is 18.2 Å². The molecule has 2 aromatic carbocycles. The van der Waals surface area contributed by atoms with Crippen LogP contribution in [-0.2, 0) is 19.2 Å². The van der Waals surface area contributed by atoms with Crippen molar-refractivity contribution in [3.05, 3.63) is 64.2 Å². The first-order valence-corrected chi connectivity index (χ1v) is 10.5. The van der Waals surface area contributed by atoms with Crippen molar-refractivity contribution in [3.8, 4) is 5.75 Å². The van der Waals surface area contributed by atoms with Crippen molar-refractivity contribution in [2.75, 3.05) is 4.90 Å². The molecule has 0 radical (unpaired) electrons. The number of nitro benzene ring substituents is 1. The fraction of sp³-hybridized carbons (Fsp3) is 0.273. The summed E-state index contributed by atoms with van der Waals surface area (Å²) in [6.45, 7) is 0. The van der Waals surface area contributed by atoms with Gasteiger partial charge in [-0.2, -0.15) is 0 Å². The Kier molecular flexibility index (Phi) is 6.11. The SMILES string of the molecule is O=C(O)CC1(C(=O)O)NC(c2cccc(OC(F)(F)F)c2)C2C(=O)N(c3cccc([N+](=O)[O-])c3)C(=O)C21. The van der Waals surface area contributed by atoms with Crippen molar-refractivity contribution in [1.29, 1.82) is 0 Å². The lowest BCUT2D eigenvalue weighted by Gasteiger charge is -2.29. The van der Waals surface area contributed by atoms with E-state index in [0.29, 0.717) is 4.90 Å². The number of imide groups is 1. The van der Waals surface area contributed by atoms with E-state index in [-0.39, 0.29) is 11.3 Å². The zero-order valence-corrected chi connectivity index (χ0v) is 18.3. The van der Waals surface area contributed by atoms with Gasteiger partial charge in [0.2, 0.25) is 11.8 Å². The van der Waals surface area contributed by atoms with Gasteiger partial charge in [-0.15, -0.1) is 13.2 Å². The summed E-state index contributed by atoms with van der Waals surface area (Å²) in [6.07, 6.45) is -6.21. The second-order valence-corrected chi connectivity index (χ2v) is 8.38. The number of benzene rings is 2. The highest BCUT2D eigenvalue weighted by Crippen LogP contribution is 2.51. The fourth-order valence-corrected chi connectivity index (χ4v) is 4.87. The first-order chi connectivity index (χ1) is 17.2. The normalized spacial score (nSPS) is 25.2. The van der Waals surface area contributed by atoms with Crippen LogP contribution in [0.5, 0.6) is 5.75 Å². The molecule has 37 heavy (non-hydrogen) atoms. The van der Waals surface area contributed by atoms with Gasteiger partial charge in [-0.3, -0.25) is 34.6 Å². The van der Waals surface area contributed by atoms with Crippen molar-refractivity contribution in [3.63, 3.8) is 0 Å². The third kappa shape index (κ3) is 4.44. The van der Waals surface area contributed by atoms with E-state index in [1.54, 1.807) is 0 Å². The van der Waals surface area contributed by atoms with E-state index in [1.807, 2.05) is 0 Å². The van der Waals surface area contributed by atoms with Crippen molar-refractivity contribution >= 4 is 35.1 Å². The molecule has 12 nitrogen and oxygen atoms in total. The van der Waals surface area contributed by atoms with E-state index in [0.717, 1.165) is 30.3 Å². The fourth-order valence-electron chi connectivity index (χ4n) is 4.87. The number of carbonyl (C=O) groups is 4. The molecule has 2 heterocycles. The Balaban J connectivity index is 1.85. The van der Waals surface area contributed by atoms with Crippen LogP contribution in [0, 0.1) is 22.0 Å². The molecule has 2 fully saturated rings. The Bertz CT molecular complexity index is 1330. The topological polar surface area (TPSA) is 176 Å². The molecule has 2 aliphatic heterocycles. The monoisotopic (exact) mass is 523 g/mol. The van der Waals surface area contributed by atoms with E-state index >= 15 is 0 Å². The largest absolute Gasteiger partial charge is 0.573 e.